The van der Waals surface area contributed by atoms with E-state index in [4.69, 9.17) is 9.47 Å². The predicted octanol–water partition coefficient (Wildman–Crippen LogP) is 0.621. The first-order valence-corrected chi connectivity index (χ1v) is 13.7. The second-order valence-electron chi connectivity index (χ2n) is 7.85. The van der Waals surface area contributed by atoms with E-state index in [-0.39, 0.29) is 38.2 Å². The van der Waals surface area contributed by atoms with E-state index in [0.717, 1.165) is 5.41 Å². The van der Waals surface area contributed by atoms with Crippen LogP contribution >= 0.6 is 0 Å². The van der Waals surface area contributed by atoms with Crippen LogP contribution in [-0.2, 0) is 20.9 Å². The summed E-state index contributed by atoms with van der Waals surface area (Å²) in [6.07, 6.45) is 0. The quantitative estimate of drug-likeness (QED) is 0.204. The third-order valence-electron chi connectivity index (χ3n) is 5.45. The van der Waals surface area contributed by atoms with Crippen molar-refractivity contribution in [3.8, 4) is 11.5 Å². The minimum Gasteiger partial charge on any atom is -0.768 e. The Morgan fingerprint density at radius 3 is 2.10 bits per heavy atom. The zero-order valence-corrected chi connectivity index (χ0v) is 23.0. The summed E-state index contributed by atoms with van der Waals surface area (Å²) in [6.45, 7) is 6.70. The highest BCUT2D eigenvalue weighted by Crippen LogP contribution is 2.29. The van der Waals surface area contributed by atoms with Crippen LogP contribution in [-0.4, -0.2) is 42.5 Å². The largest absolute Gasteiger partial charge is 0.768 e. The lowest BCUT2D eigenvalue weighted by molar-refractivity contribution is 0.0694. The van der Waals surface area contributed by atoms with Gasteiger partial charge < -0.3 is 19.1 Å². The molecule has 3 rings (SSSR count). The van der Waals surface area contributed by atoms with Crippen molar-refractivity contribution < 1.29 is 36.6 Å². The Morgan fingerprint density at radius 2 is 1.56 bits per heavy atom. The van der Waals surface area contributed by atoms with E-state index in [1.807, 2.05) is 0 Å². The summed E-state index contributed by atoms with van der Waals surface area (Å²) in [5.41, 5.74) is 2.45. The van der Waals surface area contributed by atoms with Gasteiger partial charge in [0.2, 0.25) is 10.9 Å². The number of nitrogens with zero attached hydrogens (tertiary/aromatic N) is 2. The SMILES string of the molecule is C=CS(=O)(=O)c1ccc(N/N=c2\c(=O)cc(C(=O)O)/c(=N/Nc3ccc(C(=C)S(=O)[O-])cc3OC)c2=O)c(OC)c1. The Kier molecular flexibility index (Phi) is 9.33. The summed E-state index contributed by atoms with van der Waals surface area (Å²) in [7, 11) is -1.24. The van der Waals surface area contributed by atoms with E-state index >= 15 is 0 Å². The van der Waals surface area contributed by atoms with Crippen molar-refractivity contribution in [2.45, 2.75) is 4.90 Å². The maximum atomic E-state index is 13.1. The van der Waals surface area contributed by atoms with Crippen molar-refractivity contribution in [2.24, 2.45) is 10.2 Å². The molecule has 0 radical (unpaired) electrons. The minimum absolute atomic E-state index is 0.00402. The van der Waals surface area contributed by atoms with Crippen molar-refractivity contribution >= 4 is 43.2 Å². The number of aromatic carboxylic acids is 1. The zero-order chi connectivity index (χ0) is 30.5. The number of carboxylic acids is 1. The third-order valence-corrected chi connectivity index (χ3v) is 7.43. The lowest BCUT2D eigenvalue weighted by atomic mass is 10.2. The van der Waals surface area contributed by atoms with Crippen molar-refractivity contribution in [1.82, 2.24) is 0 Å². The van der Waals surface area contributed by atoms with Crippen molar-refractivity contribution in [2.75, 3.05) is 25.1 Å². The van der Waals surface area contributed by atoms with Gasteiger partial charge in [-0.05, 0) is 40.9 Å². The number of hydrogen-bond acceptors (Lipinski definition) is 13. The summed E-state index contributed by atoms with van der Waals surface area (Å²) in [5, 5.41) is 16.6. The Labute approximate surface area is 234 Å². The van der Waals surface area contributed by atoms with Crippen LogP contribution in [0.4, 0.5) is 11.4 Å². The number of carboxylic acid groups (broad SMARTS) is 1. The molecule has 0 spiro atoms. The molecule has 3 aromatic carbocycles. The van der Waals surface area contributed by atoms with Gasteiger partial charge in [-0.1, -0.05) is 19.2 Å². The van der Waals surface area contributed by atoms with Crippen molar-refractivity contribution in [1.29, 1.82) is 0 Å². The number of hydrogen-bond donors (Lipinski definition) is 3. The summed E-state index contributed by atoms with van der Waals surface area (Å²) in [6, 6.07) is 8.39. The highest BCUT2D eigenvalue weighted by Gasteiger charge is 2.16. The lowest BCUT2D eigenvalue weighted by Gasteiger charge is -2.13. The van der Waals surface area contributed by atoms with E-state index < -0.39 is 54.0 Å². The molecule has 0 bridgehead atoms. The highest BCUT2D eigenvalue weighted by atomic mass is 32.2. The summed E-state index contributed by atoms with van der Waals surface area (Å²) in [5.74, 6) is -1.52. The lowest BCUT2D eigenvalue weighted by Crippen LogP contribution is -2.50. The maximum absolute atomic E-state index is 13.1. The van der Waals surface area contributed by atoms with Gasteiger partial charge in [0.25, 0.3) is 0 Å². The molecule has 14 nitrogen and oxygen atoms in total. The second-order valence-corrected chi connectivity index (χ2v) is 10.7. The normalized spacial score (nSPS) is 12.9. The molecule has 1 unspecified atom stereocenters. The molecule has 0 saturated heterocycles. The van der Waals surface area contributed by atoms with Gasteiger partial charge in [-0.3, -0.25) is 24.6 Å². The Bertz CT molecular complexity index is 1930. The number of ether oxygens (including phenoxy) is 2. The topological polar surface area (TPSA) is 213 Å². The molecular weight excluding hydrogens is 580 g/mol. The van der Waals surface area contributed by atoms with Crippen LogP contribution in [0.5, 0.6) is 11.5 Å². The van der Waals surface area contributed by atoms with E-state index in [2.05, 4.69) is 34.2 Å². The van der Waals surface area contributed by atoms with Crippen LogP contribution in [0.1, 0.15) is 15.9 Å². The van der Waals surface area contributed by atoms with Gasteiger partial charge in [0.15, 0.2) is 15.2 Å². The molecule has 0 heterocycles. The molecule has 0 aromatic heterocycles. The van der Waals surface area contributed by atoms with Crippen LogP contribution in [0.2, 0.25) is 0 Å². The number of methoxy groups -OCH3 is 2. The first kappa shape index (κ1) is 30.6. The van der Waals surface area contributed by atoms with E-state index in [1.54, 1.807) is 0 Å². The highest BCUT2D eigenvalue weighted by molar-refractivity contribution is 7.94. The van der Waals surface area contributed by atoms with E-state index in [1.165, 1.54) is 50.6 Å². The Balaban J connectivity index is 2.12. The van der Waals surface area contributed by atoms with Gasteiger partial charge in [-0.25, -0.2) is 13.2 Å². The predicted molar refractivity (Wildman–Crippen MR) is 148 cm³/mol. The van der Waals surface area contributed by atoms with Gasteiger partial charge in [-0.2, -0.15) is 10.2 Å². The van der Waals surface area contributed by atoms with Crippen molar-refractivity contribution in [3.05, 3.63) is 103 Å². The Morgan fingerprint density at radius 1 is 1.00 bits per heavy atom. The number of carbonyl (C=O) groups is 1. The first-order chi connectivity index (χ1) is 19.3. The van der Waals surface area contributed by atoms with Crippen LogP contribution < -0.4 is 41.9 Å². The summed E-state index contributed by atoms with van der Waals surface area (Å²) in [4.78, 5) is 37.2. The van der Waals surface area contributed by atoms with Crippen LogP contribution in [0.3, 0.4) is 0 Å². The molecule has 0 amide bonds. The fourth-order valence-corrected chi connectivity index (χ4v) is 4.36. The molecule has 16 heteroatoms. The van der Waals surface area contributed by atoms with Crippen LogP contribution in [0, 0.1) is 0 Å². The number of sulfone groups is 1. The zero-order valence-electron chi connectivity index (χ0n) is 21.4. The number of rotatable bonds is 11. The fourth-order valence-electron chi connectivity index (χ4n) is 3.32. The number of anilines is 2. The molecule has 0 fully saturated rings. The van der Waals surface area contributed by atoms with Gasteiger partial charge in [-0.15, -0.1) is 0 Å². The van der Waals surface area contributed by atoms with Gasteiger partial charge in [0.1, 0.15) is 16.9 Å². The Hall–Kier alpha value is -4.93. The molecule has 0 aliphatic rings. The maximum Gasteiger partial charge on any atom is 0.338 e. The number of benzene rings is 3. The van der Waals surface area contributed by atoms with Crippen LogP contribution in [0.25, 0.3) is 4.91 Å². The van der Waals surface area contributed by atoms with Gasteiger partial charge >= 0.3 is 5.97 Å². The van der Waals surface area contributed by atoms with Gasteiger partial charge in [0, 0.05) is 22.4 Å². The van der Waals surface area contributed by atoms with E-state index in [9.17, 15) is 36.7 Å². The molecule has 214 valence electrons. The second kappa shape index (κ2) is 12.5. The average Bonchev–Trinajstić information content (AvgIpc) is 2.95. The smallest absolute Gasteiger partial charge is 0.338 e. The molecule has 0 saturated carbocycles. The minimum atomic E-state index is -3.78. The first-order valence-electron chi connectivity index (χ1n) is 11.1. The van der Waals surface area contributed by atoms with Crippen molar-refractivity contribution in [3.63, 3.8) is 0 Å². The molecule has 3 N–H and O–H groups in total. The fraction of sp³-hybridized carbons (Fsp3) is 0.0800. The molecule has 3 aromatic rings. The monoisotopic (exact) mass is 601 g/mol. The molecule has 1 atom stereocenters. The summed E-state index contributed by atoms with van der Waals surface area (Å²) < 4.78 is 56.9. The standard InChI is InChI=1S/C25H22N4O10S2/c1-5-41(36,37)15-7-9-18(21(11-15)39-4)27-29-23-19(30)12-16(25(32)33)22(24(23)31)28-26-17-8-6-14(10-20(17)38-3)13(2)40(34)35/h5-12,26-27H,1-2H2,3-4H3,(H,32,33)(H,34,35)/p-1/b28-22-,29-23+. The van der Waals surface area contributed by atoms with Gasteiger partial charge in [0.05, 0.1) is 36.1 Å². The summed E-state index contributed by atoms with van der Waals surface area (Å²) >= 11 is -2.59. The molecule has 0 aliphatic heterocycles. The third kappa shape index (κ3) is 6.63. The number of nitrogens with one attached hydrogen (secondary N) is 2. The average molecular weight is 602 g/mol. The van der Waals surface area contributed by atoms with Crippen LogP contribution in [0.15, 0.2) is 85.7 Å². The molecule has 41 heavy (non-hydrogen) atoms. The van der Waals surface area contributed by atoms with E-state index in [0.29, 0.717) is 6.07 Å². The molecular formula is C25H21N4O10S2-. The molecule has 0 aliphatic carbocycles.